The number of nitriles is 1. The lowest BCUT2D eigenvalue weighted by Crippen LogP contribution is -2.32. The van der Waals surface area contributed by atoms with E-state index in [1.165, 1.54) is 11.8 Å². The summed E-state index contributed by atoms with van der Waals surface area (Å²) in [6, 6.07) is 7.65. The minimum atomic E-state index is -0.00413. The van der Waals surface area contributed by atoms with E-state index in [4.69, 9.17) is 0 Å². The number of pyridine rings is 1. The summed E-state index contributed by atoms with van der Waals surface area (Å²) in [6.07, 6.45) is 11.2. The van der Waals surface area contributed by atoms with Crippen molar-refractivity contribution >= 4 is 5.57 Å². The van der Waals surface area contributed by atoms with Gasteiger partial charge in [0, 0.05) is 12.1 Å². The van der Waals surface area contributed by atoms with Crippen LogP contribution in [0.2, 0.25) is 0 Å². The highest BCUT2D eigenvalue weighted by molar-refractivity contribution is 5.83. The second-order valence-electron chi connectivity index (χ2n) is 6.47. The SMILES string of the molecule is CC1(C)C=C(c2cccc[n+]2[O-])C2=C(CC=CC(C#N)=C2)C1. The molecule has 1 aromatic heterocycles. The van der Waals surface area contributed by atoms with Crippen molar-refractivity contribution in [3.8, 4) is 6.07 Å². The summed E-state index contributed by atoms with van der Waals surface area (Å²) in [6.45, 7) is 4.36. The zero-order chi connectivity index (χ0) is 15.7. The predicted molar refractivity (Wildman–Crippen MR) is 86.3 cm³/mol. The molecule has 0 radical (unpaired) electrons. The highest BCUT2D eigenvalue weighted by Crippen LogP contribution is 2.43. The third-order valence-corrected chi connectivity index (χ3v) is 4.07. The Bertz CT molecular complexity index is 786. The molecule has 0 saturated carbocycles. The largest absolute Gasteiger partial charge is 0.618 e. The number of allylic oxidation sites excluding steroid dienone is 8. The molecule has 0 fully saturated rings. The van der Waals surface area contributed by atoms with Gasteiger partial charge in [-0.25, -0.2) is 0 Å². The van der Waals surface area contributed by atoms with E-state index in [1.807, 2.05) is 30.4 Å². The molecule has 3 heteroatoms. The number of hydrogen-bond acceptors (Lipinski definition) is 2. The van der Waals surface area contributed by atoms with E-state index in [2.05, 4.69) is 26.0 Å². The maximum Gasteiger partial charge on any atom is 0.224 e. The maximum absolute atomic E-state index is 12.2. The summed E-state index contributed by atoms with van der Waals surface area (Å²) < 4.78 is 0.899. The van der Waals surface area contributed by atoms with Gasteiger partial charge in [-0.05, 0) is 42.0 Å². The standard InChI is InChI=1S/C19H18N2O/c1-19(2)11-15-7-5-6-14(13-20)10-16(15)17(12-19)18-8-3-4-9-21(18)22/h3-6,8-10,12H,7,11H2,1-2H3. The Balaban J connectivity index is 2.22. The fourth-order valence-electron chi connectivity index (χ4n) is 3.17. The van der Waals surface area contributed by atoms with Crippen molar-refractivity contribution in [2.45, 2.75) is 26.7 Å². The third kappa shape index (κ3) is 2.60. The highest BCUT2D eigenvalue weighted by atomic mass is 16.5. The molecule has 3 rings (SSSR count). The quantitative estimate of drug-likeness (QED) is 0.583. The normalized spacial score (nSPS) is 19.7. The maximum atomic E-state index is 12.2. The van der Waals surface area contributed by atoms with Gasteiger partial charge >= 0.3 is 0 Å². The van der Waals surface area contributed by atoms with E-state index in [0.717, 1.165) is 28.7 Å². The van der Waals surface area contributed by atoms with Crippen LogP contribution in [0, 0.1) is 22.0 Å². The van der Waals surface area contributed by atoms with Crippen molar-refractivity contribution < 1.29 is 4.73 Å². The first-order valence-corrected chi connectivity index (χ1v) is 7.42. The lowest BCUT2D eigenvalue weighted by Gasteiger charge is -2.30. The van der Waals surface area contributed by atoms with Gasteiger partial charge < -0.3 is 5.21 Å². The van der Waals surface area contributed by atoms with Crippen LogP contribution in [0.15, 0.2) is 65.4 Å². The lowest BCUT2D eigenvalue weighted by molar-refractivity contribution is -0.608. The van der Waals surface area contributed by atoms with Crippen molar-refractivity contribution in [3.05, 3.63) is 76.3 Å². The molecule has 0 N–H and O–H groups in total. The van der Waals surface area contributed by atoms with Crippen molar-refractivity contribution in [3.63, 3.8) is 0 Å². The molecule has 0 aliphatic heterocycles. The molecular formula is C19H18N2O. The van der Waals surface area contributed by atoms with Gasteiger partial charge in [0.15, 0.2) is 6.20 Å². The fraction of sp³-hybridized carbons (Fsp3) is 0.263. The van der Waals surface area contributed by atoms with Crippen LogP contribution in [0.25, 0.3) is 5.57 Å². The number of nitrogens with zero attached hydrogens (tertiary/aromatic N) is 2. The molecule has 110 valence electrons. The molecule has 0 spiro atoms. The first-order valence-electron chi connectivity index (χ1n) is 7.42. The number of rotatable bonds is 1. The van der Waals surface area contributed by atoms with Crippen molar-refractivity contribution in [2.24, 2.45) is 5.41 Å². The van der Waals surface area contributed by atoms with E-state index in [1.54, 1.807) is 6.07 Å². The van der Waals surface area contributed by atoms with Crippen LogP contribution in [-0.2, 0) is 0 Å². The number of hydrogen-bond donors (Lipinski definition) is 0. The van der Waals surface area contributed by atoms with Crippen molar-refractivity contribution in [2.75, 3.05) is 0 Å². The van der Waals surface area contributed by atoms with Crippen molar-refractivity contribution in [1.29, 1.82) is 5.26 Å². The summed E-state index contributed by atoms with van der Waals surface area (Å²) in [5.74, 6) is 0. The molecule has 0 amide bonds. The monoisotopic (exact) mass is 290 g/mol. The molecule has 0 bridgehead atoms. The van der Waals surface area contributed by atoms with E-state index in [-0.39, 0.29) is 5.41 Å². The van der Waals surface area contributed by atoms with Gasteiger partial charge in [0.05, 0.1) is 17.2 Å². The topological polar surface area (TPSA) is 50.7 Å². The van der Waals surface area contributed by atoms with Crippen LogP contribution in [0.4, 0.5) is 0 Å². The molecule has 1 aromatic rings. The molecule has 22 heavy (non-hydrogen) atoms. The molecule has 1 heterocycles. The number of aromatic nitrogens is 1. The van der Waals surface area contributed by atoms with Crippen LogP contribution in [0.5, 0.6) is 0 Å². The fourth-order valence-corrected chi connectivity index (χ4v) is 3.17. The minimum Gasteiger partial charge on any atom is -0.618 e. The summed E-state index contributed by atoms with van der Waals surface area (Å²) in [7, 11) is 0. The minimum absolute atomic E-state index is 0.00413. The van der Waals surface area contributed by atoms with Crippen LogP contribution in [0.3, 0.4) is 0 Å². The molecule has 0 unspecified atom stereocenters. The van der Waals surface area contributed by atoms with E-state index in [0.29, 0.717) is 11.3 Å². The van der Waals surface area contributed by atoms with Gasteiger partial charge in [0.25, 0.3) is 0 Å². The Kier molecular flexibility index (Phi) is 3.46. The van der Waals surface area contributed by atoms with Crippen molar-refractivity contribution in [1.82, 2.24) is 0 Å². The smallest absolute Gasteiger partial charge is 0.224 e. The third-order valence-electron chi connectivity index (χ3n) is 4.07. The Morgan fingerprint density at radius 2 is 2.14 bits per heavy atom. The summed E-state index contributed by atoms with van der Waals surface area (Å²) >= 11 is 0. The second-order valence-corrected chi connectivity index (χ2v) is 6.47. The average Bonchev–Trinajstić information content (AvgIpc) is 2.68. The highest BCUT2D eigenvalue weighted by Gasteiger charge is 2.30. The van der Waals surface area contributed by atoms with E-state index < -0.39 is 0 Å². The first kappa shape index (κ1) is 14.3. The summed E-state index contributed by atoms with van der Waals surface area (Å²) in [5.41, 5.74) is 4.50. The van der Waals surface area contributed by atoms with Crippen LogP contribution >= 0.6 is 0 Å². The summed E-state index contributed by atoms with van der Waals surface area (Å²) in [5, 5.41) is 21.4. The first-order chi connectivity index (χ1) is 10.5. The van der Waals surface area contributed by atoms with Gasteiger partial charge in [-0.1, -0.05) is 31.6 Å². The molecule has 0 atom stereocenters. The Morgan fingerprint density at radius 3 is 2.86 bits per heavy atom. The van der Waals surface area contributed by atoms with E-state index >= 15 is 0 Å². The second kappa shape index (κ2) is 5.31. The molecule has 2 aliphatic rings. The van der Waals surface area contributed by atoms with Gasteiger partial charge in [0.1, 0.15) is 0 Å². The zero-order valence-electron chi connectivity index (χ0n) is 12.8. The Hall–Kier alpha value is -2.60. The van der Waals surface area contributed by atoms with Crippen LogP contribution < -0.4 is 4.73 Å². The van der Waals surface area contributed by atoms with Gasteiger partial charge in [0.2, 0.25) is 5.69 Å². The van der Waals surface area contributed by atoms with E-state index in [9.17, 15) is 10.5 Å². The summed E-state index contributed by atoms with van der Waals surface area (Å²) in [4.78, 5) is 0. The molecule has 0 saturated heterocycles. The van der Waals surface area contributed by atoms with Crippen LogP contribution in [0.1, 0.15) is 32.4 Å². The predicted octanol–water partition coefficient (Wildman–Crippen LogP) is 3.84. The molecule has 2 aliphatic carbocycles. The Morgan fingerprint density at radius 1 is 1.32 bits per heavy atom. The van der Waals surface area contributed by atoms with Gasteiger partial charge in [-0.15, -0.1) is 0 Å². The molecule has 3 nitrogen and oxygen atoms in total. The van der Waals surface area contributed by atoms with Gasteiger partial charge in [-0.3, -0.25) is 0 Å². The average molecular weight is 290 g/mol. The molecule has 0 aromatic carbocycles. The van der Waals surface area contributed by atoms with Crippen LogP contribution in [-0.4, -0.2) is 0 Å². The Labute approximate surface area is 130 Å². The molecular weight excluding hydrogens is 272 g/mol. The zero-order valence-corrected chi connectivity index (χ0v) is 12.8. The lowest BCUT2D eigenvalue weighted by atomic mass is 9.74. The van der Waals surface area contributed by atoms with Gasteiger partial charge in [-0.2, -0.15) is 9.99 Å².